The van der Waals surface area contributed by atoms with Crippen molar-refractivity contribution in [3.63, 3.8) is 0 Å². The van der Waals surface area contributed by atoms with Gasteiger partial charge in [-0.2, -0.15) is 4.31 Å². The lowest BCUT2D eigenvalue weighted by molar-refractivity contribution is -0.121. The normalized spacial score (nSPS) is 19.1. The standard InChI is InChI=1S/C25H31N3O5S2/c1-3-33-20-9-7-19(8-10-20)26-24(29)17-28-22-16-21(35(31,32)27-13-5-4-6-14-27)11-12-23(22)34-18(2)15-25(28)30/h7-12,16,18H,3-6,13-15,17H2,1-2H3,(H,26,29)/t18-/m1/s1. The zero-order valence-electron chi connectivity index (χ0n) is 20.0. The van der Waals surface area contributed by atoms with Gasteiger partial charge >= 0.3 is 0 Å². The van der Waals surface area contributed by atoms with E-state index >= 15 is 0 Å². The van der Waals surface area contributed by atoms with Crippen LogP contribution in [0.2, 0.25) is 0 Å². The average Bonchev–Trinajstić information content (AvgIpc) is 2.95. The largest absolute Gasteiger partial charge is 0.494 e. The fourth-order valence-corrected chi connectivity index (χ4v) is 6.92. The van der Waals surface area contributed by atoms with Gasteiger partial charge < -0.3 is 15.0 Å². The molecule has 10 heteroatoms. The van der Waals surface area contributed by atoms with Crippen molar-refractivity contribution in [3.8, 4) is 5.75 Å². The number of nitrogens with zero attached hydrogens (tertiary/aromatic N) is 2. The van der Waals surface area contributed by atoms with Crippen molar-refractivity contribution in [2.75, 3.05) is 36.5 Å². The van der Waals surface area contributed by atoms with Crippen LogP contribution in [0.1, 0.15) is 39.5 Å². The molecule has 0 aromatic heterocycles. The number of nitrogens with one attached hydrogen (secondary N) is 1. The van der Waals surface area contributed by atoms with Gasteiger partial charge in [-0.05, 0) is 62.2 Å². The summed E-state index contributed by atoms with van der Waals surface area (Å²) in [4.78, 5) is 28.4. The van der Waals surface area contributed by atoms with Gasteiger partial charge in [0.25, 0.3) is 0 Å². The number of carbonyl (C=O) groups is 2. The zero-order chi connectivity index (χ0) is 25.0. The molecule has 188 valence electrons. The molecule has 0 radical (unpaired) electrons. The second-order valence-electron chi connectivity index (χ2n) is 8.71. The second-order valence-corrected chi connectivity index (χ2v) is 12.1. The van der Waals surface area contributed by atoms with Crippen LogP contribution < -0.4 is 15.0 Å². The van der Waals surface area contributed by atoms with Gasteiger partial charge in [0.1, 0.15) is 12.3 Å². The first-order valence-corrected chi connectivity index (χ1v) is 14.2. The maximum atomic E-state index is 13.3. The summed E-state index contributed by atoms with van der Waals surface area (Å²) in [5, 5.41) is 2.82. The van der Waals surface area contributed by atoms with Crippen LogP contribution in [-0.4, -0.2) is 56.0 Å². The van der Waals surface area contributed by atoms with Gasteiger partial charge in [0, 0.05) is 35.3 Å². The summed E-state index contributed by atoms with van der Waals surface area (Å²) in [5.74, 6) is 0.131. The first-order chi connectivity index (χ1) is 16.8. The minimum absolute atomic E-state index is 0.00460. The number of fused-ring (bicyclic) bond motifs is 1. The van der Waals surface area contributed by atoms with E-state index in [1.807, 2.05) is 13.8 Å². The van der Waals surface area contributed by atoms with Crippen molar-refractivity contribution in [2.24, 2.45) is 0 Å². The van der Waals surface area contributed by atoms with Crippen molar-refractivity contribution in [1.82, 2.24) is 4.31 Å². The molecule has 2 amide bonds. The Morgan fingerprint density at radius 1 is 1.11 bits per heavy atom. The van der Waals surface area contributed by atoms with Crippen molar-refractivity contribution in [1.29, 1.82) is 0 Å². The smallest absolute Gasteiger partial charge is 0.244 e. The number of hydrogen-bond donors (Lipinski definition) is 1. The molecule has 0 unspecified atom stereocenters. The van der Waals surface area contributed by atoms with E-state index in [9.17, 15) is 18.0 Å². The third kappa shape index (κ3) is 5.99. The number of carbonyl (C=O) groups excluding carboxylic acids is 2. The van der Waals surface area contributed by atoms with Gasteiger partial charge in [-0.15, -0.1) is 11.8 Å². The summed E-state index contributed by atoms with van der Waals surface area (Å²) < 4.78 is 33.5. The maximum Gasteiger partial charge on any atom is 0.244 e. The van der Waals surface area contributed by atoms with E-state index in [-0.39, 0.29) is 34.9 Å². The van der Waals surface area contributed by atoms with E-state index in [2.05, 4.69) is 5.32 Å². The van der Waals surface area contributed by atoms with Crippen molar-refractivity contribution in [3.05, 3.63) is 42.5 Å². The first-order valence-electron chi connectivity index (χ1n) is 11.9. The Bertz CT molecular complexity index is 1180. The molecular weight excluding hydrogens is 486 g/mol. The van der Waals surface area contributed by atoms with Crippen LogP contribution in [0.5, 0.6) is 5.75 Å². The number of sulfonamides is 1. The predicted octanol–water partition coefficient (Wildman–Crippen LogP) is 4.12. The van der Waals surface area contributed by atoms with E-state index in [1.165, 1.54) is 21.0 Å². The van der Waals surface area contributed by atoms with Gasteiger partial charge in [0.2, 0.25) is 21.8 Å². The highest BCUT2D eigenvalue weighted by molar-refractivity contribution is 8.00. The van der Waals surface area contributed by atoms with Crippen LogP contribution in [0.3, 0.4) is 0 Å². The molecule has 0 bridgehead atoms. The molecule has 1 N–H and O–H groups in total. The highest BCUT2D eigenvalue weighted by Gasteiger charge is 2.31. The predicted molar refractivity (Wildman–Crippen MR) is 138 cm³/mol. The topological polar surface area (TPSA) is 96.0 Å². The Labute approximate surface area is 211 Å². The molecule has 1 fully saturated rings. The molecule has 2 aromatic carbocycles. The number of piperidine rings is 1. The van der Waals surface area contributed by atoms with Crippen LogP contribution >= 0.6 is 11.8 Å². The van der Waals surface area contributed by atoms with Crippen LogP contribution in [0.15, 0.2) is 52.3 Å². The lowest BCUT2D eigenvalue weighted by Gasteiger charge is -2.27. The molecule has 2 aliphatic heterocycles. The third-order valence-corrected chi connectivity index (χ3v) is 9.08. The quantitative estimate of drug-likeness (QED) is 0.594. The minimum Gasteiger partial charge on any atom is -0.494 e. The monoisotopic (exact) mass is 517 g/mol. The van der Waals surface area contributed by atoms with E-state index in [1.54, 1.807) is 42.5 Å². The Hall–Kier alpha value is -2.56. The molecular formula is C25H31N3O5S2. The molecule has 2 aromatic rings. The number of benzene rings is 2. The average molecular weight is 518 g/mol. The van der Waals surface area contributed by atoms with Crippen LogP contribution in [-0.2, 0) is 19.6 Å². The first kappa shape index (κ1) is 25.5. The van der Waals surface area contributed by atoms with Crippen LogP contribution in [0.25, 0.3) is 0 Å². The second kappa shape index (κ2) is 11.0. The van der Waals surface area contributed by atoms with E-state index in [0.29, 0.717) is 36.8 Å². The number of anilines is 2. The molecule has 0 spiro atoms. The van der Waals surface area contributed by atoms with Crippen molar-refractivity contribution < 1.29 is 22.7 Å². The Balaban J connectivity index is 1.59. The molecule has 35 heavy (non-hydrogen) atoms. The van der Waals surface area contributed by atoms with E-state index < -0.39 is 10.0 Å². The van der Waals surface area contributed by atoms with Gasteiger partial charge in [-0.25, -0.2) is 8.42 Å². The number of hydrogen-bond acceptors (Lipinski definition) is 6. The summed E-state index contributed by atoms with van der Waals surface area (Å²) in [6, 6.07) is 11.9. The summed E-state index contributed by atoms with van der Waals surface area (Å²) in [7, 11) is -3.67. The van der Waals surface area contributed by atoms with Gasteiger partial charge in [-0.3, -0.25) is 9.59 Å². The number of ether oxygens (including phenoxy) is 1. The Morgan fingerprint density at radius 2 is 1.83 bits per heavy atom. The van der Waals surface area contributed by atoms with Crippen LogP contribution in [0.4, 0.5) is 11.4 Å². The third-order valence-electron chi connectivity index (χ3n) is 6.02. The summed E-state index contributed by atoms with van der Waals surface area (Å²) in [5.41, 5.74) is 1.05. The van der Waals surface area contributed by atoms with Crippen LogP contribution in [0, 0.1) is 0 Å². The summed E-state index contributed by atoms with van der Waals surface area (Å²) >= 11 is 1.52. The lowest BCUT2D eigenvalue weighted by Crippen LogP contribution is -2.39. The molecule has 2 aliphatic rings. The number of amides is 2. The highest BCUT2D eigenvalue weighted by Crippen LogP contribution is 2.39. The van der Waals surface area contributed by atoms with Gasteiger partial charge in [0.15, 0.2) is 0 Å². The van der Waals surface area contributed by atoms with Crippen molar-refractivity contribution >= 4 is 45.0 Å². The van der Waals surface area contributed by atoms with E-state index in [4.69, 9.17) is 4.74 Å². The summed E-state index contributed by atoms with van der Waals surface area (Å²) in [6.45, 7) is 5.19. The van der Waals surface area contributed by atoms with E-state index in [0.717, 1.165) is 24.2 Å². The Kier molecular flexibility index (Phi) is 8.03. The molecule has 1 saturated heterocycles. The fourth-order valence-electron chi connectivity index (χ4n) is 4.29. The molecule has 0 saturated carbocycles. The van der Waals surface area contributed by atoms with Crippen molar-refractivity contribution in [2.45, 2.75) is 54.6 Å². The molecule has 4 rings (SSSR count). The number of rotatable bonds is 7. The maximum absolute atomic E-state index is 13.3. The lowest BCUT2D eigenvalue weighted by atomic mass is 10.2. The zero-order valence-corrected chi connectivity index (χ0v) is 21.7. The fraction of sp³-hybridized carbons (Fsp3) is 0.440. The summed E-state index contributed by atoms with van der Waals surface area (Å²) in [6.07, 6.45) is 2.96. The number of thioether (sulfide) groups is 1. The molecule has 0 aliphatic carbocycles. The highest BCUT2D eigenvalue weighted by atomic mass is 32.2. The Morgan fingerprint density at radius 3 is 2.51 bits per heavy atom. The SMILES string of the molecule is CCOc1ccc(NC(=O)CN2C(=O)C[C@@H](C)Sc3ccc(S(=O)(=O)N4CCCCC4)cc32)cc1. The minimum atomic E-state index is -3.67. The van der Waals surface area contributed by atoms with Gasteiger partial charge in [0.05, 0.1) is 17.2 Å². The molecule has 8 nitrogen and oxygen atoms in total. The molecule has 1 atom stereocenters. The van der Waals surface area contributed by atoms with Gasteiger partial charge in [-0.1, -0.05) is 13.3 Å². The molecule has 2 heterocycles.